The zero-order chi connectivity index (χ0) is 10.5. The smallest absolute Gasteiger partial charge is 0.0623 e. The third-order valence-electron chi connectivity index (χ3n) is 3.26. The molecule has 4 heteroatoms. The second-order valence-electron chi connectivity index (χ2n) is 4.37. The van der Waals surface area contributed by atoms with E-state index in [1.807, 2.05) is 0 Å². The van der Waals surface area contributed by atoms with Gasteiger partial charge < -0.3 is 15.0 Å². The first-order valence-electron chi connectivity index (χ1n) is 6.01. The summed E-state index contributed by atoms with van der Waals surface area (Å²) in [6.07, 6.45) is 0. The fourth-order valence-electron chi connectivity index (χ4n) is 2.38. The Morgan fingerprint density at radius 2 is 2.13 bits per heavy atom. The second kappa shape index (κ2) is 6.09. The standard InChI is InChI=1S/C11H22N2OS/c1-2-12-11-9-14-8-10(11)7-13-3-5-15-6-4-13/h10-12H,2-9H2,1H3. The number of ether oxygens (including phenoxy) is 1. The quantitative estimate of drug-likeness (QED) is 0.767. The van der Waals surface area contributed by atoms with E-state index in [4.69, 9.17) is 4.74 Å². The minimum Gasteiger partial charge on any atom is -0.379 e. The summed E-state index contributed by atoms with van der Waals surface area (Å²) in [5.74, 6) is 3.31. The van der Waals surface area contributed by atoms with Gasteiger partial charge in [-0.25, -0.2) is 0 Å². The average Bonchev–Trinajstić information content (AvgIpc) is 2.68. The normalized spacial score (nSPS) is 33.4. The lowest BCUT2D eigenvalue weighted by atomic mass is 10.0. The second-order valence-corrected chi connectivity index (χ2v) is 5.60. The Hall–Kier alpha value is 0.230. The first kappa shape index (κ1) is 11.7. The summed E-state index contributed by atoms with van der Waals surface area (Å²) in [7, 11) is 0. The molecule has 2 unspecified atom stereocenters. The van der Waals surface area contributed by atoms with Gasteiger partial charge in [-0.15, -0.1) is 0 Å². The van der Waals surface area contributed by atoms with Gasteiger partial charge in [0.2, 0.25) is 0 Å². The molecule has 1 N–H and O–H groups in total. The van der Waals surface area contributed by atoms with Gasteiger partial charge in [0.25, 0.3) is 0 Å². The van der Waals surface area contributed by atoms with Gasteiger partial charge in [0, 0.05) is 43.1 Å². The summed E-state index contributed by atoms with van der Waals surface area (Å²) in [4.78, 5) is 2.60. The molecule has 0 spiro atoms. The van der Waals surface area contributed by atoms with Crippen LogP contribution in [0, 0.1) is 5.92 Å². The fraction of sp³-hybridized carbons (Fsp3) is 1.00. The van der Waals surface area contributed by atoms with E-state index >= 15 is 0 Å². The molecule has 2 heterocycles. The van der Waals surface area contributed by atoms with Crippen LogP contribution in [0.15, 0.2) is 0 Å². The topological polar surface area (TPSA) is 24.5 Å². The maximum atomic E-state index is 5.57. The molecule has 2 aliphatic heterocycles. The molecule has 0 aromatic carbocycles. The molecule has 0 bridgehead atoms. The van der Waals surface area contributed by atoms with Crippen molar-refractivity contribution in [2.75, 3.05) is 50.9 Å². The minimum absolute atomic E-state index is 0.588. The van der Waals surface area contributed by atoms with Crippen LogP contribution in [0.4, 0.5) is 0 Å². The lowest BCUT2D eigenvalue weighted by molar-refractivity contribution is 0.170. The van der Waals surface area contributed by atoms with Crippen molar-refractivity contribution in [1.29, 1.82) is 0 Å². The van der Waals surface area contributed by atoms with Crippen LogP contribution in [0.25, 0.3) is 0 Å². The number of hydrogen-bond donors (Lipinski definition) is 1. The Morgan fingerprint density at radius 3 is 2.87 bits per heavy atom. The largest absolute Gasteiger partial charge is 0.379 e. The van der Waals surface area contributed by atoms with Crippen LogP contribution >= 0.6 is 11.8 Å². The van der Waals surface area contributed by atoms with Crippen molar-refractivity contribution in [3.63, 3.8) is 0 Å². The molecule has 0 aromatic rings. The van der Waals surface area contributed by atoms with Crippen LogP contribution < -0.4 is 5.32 Å². The predicted molar refractivity (Wildman–Crippen MR) is 65.5 cm³/mol. The number of thioether (sulfide) groups is 1. The van der Waals surface area contributed by atoms with E-state index in [1.54, 1.807) is 0 Å². The van der Waals surface area contributed by atoms with E-state index in [2.05, 4.69) is 28.9 Å². The first-order chi connectivity index (χ1) is 7.40. The van der Waals surface area contributed by atoms with Crippen LogP contribution in [0.1, 0.15) is 6.92 Å². The summed E-state index contributed by atoms with van der Waals surface area (Å²) in [5.41, 5.74) is 0. The zero-order valence-electron chi connectivity index (χ0n) is 9.58. The molecule has 0 aromatic heterocycles. The Balaban J connectivity index is 1.76. The number of likely N-dealkylation sites (N-methyl/N-ethyl adjacent to an activating group) is 1. The van der Waals surface area contributed by atoms with E-state index in [0.717, 1.165) is 19.8 Å². The van der Waals surface area contributed by atoms with Crippen molar-refractivity contribution in [1.82, 2.24) is 10.2 Å². The highest BCUT2D eigenvalue weighted by Gasteiger charge is 2.29. The van der Waals surface area contributed by atoms with Crippen molar-refractivity contribution in [2.45, 2.75) is 13.0 Å². The van der Waals surface area contributed by atoms with Crippen molar-refractivity contribution < 1.29 is 4.74 Å². The summed E-state index contributed by atoms with van der Waals surface area (Å²) in [5, 5.41) is 3.53. The molecular formula is C11H22N2OS. The Kier molecular flexibility index (Phi) is 4.75. The van der Waals surface area contributed by atoms with Crippen LogP contribution in [-0.2, 0) is 4.74 Å². The van der Waals surface area contributed by atoms with E-state index in [1.165, 1.54) is 31.1 Å². The van der Waals surface area contributed by atoms with E-state index < -0.39 is 0 Å². The van der Waals surface area contributed by atoms with Crippen LogP contribution in [0.5, 0.6) is 0 Å². The number of nitrogens with one attached hydrogen (secondary N) is 1. The Bertz CT molecular complexity index is 185. The maximum Gasteiger partial charge on any atom is 0.0623 e. The molecule has 0 radical (unpaired) electrons. The zero-order valence-corrected chi connectivity index (χ0v) is 10.4. The van der Waals surface area contributed by atoms with Crippen molar-refractivity contribution in [2.24, 2.45) is 5.92 Å². The van der Waals surface area contributed by atoms with Crippen molar-refractivity contribution in [3.8, 4) is 0 Å². The molecule has 2 atom stereocenters. The van der Waals surface area contributed by atoms with Crippen molar-refractivity contribution in [3.05, 3.63) is 0 Å². The third-order valence-corrected chi connectivity index (χ3v) is 4.20. The van der Waals surface area contributed by atoms with Crippen molar-refractivity contribution >= 4 is 11.8 Å². The summed E-state index contributed by atoms with van der Waals surface area (Å²) < 4.78 is 5.57. The summed E-state index contributed by atoms with van der Waals surface area (Å²) in [6.45, 7) is 8.83. The molecular weight excluding hydrogens is 208 g/mol. The minimum atomic E-state index is 0.588. The molecule has 0 aliphatic carbocycles. The SMILES string of the molecule is CCNC1COCC1CN1CCSCC1. The molecule has 2 saturated heterocycles. The first-order valence-corrected chi connectivity index (χ1v) is 7.17. The third kappa shape index (κ3) is 3.34. The van der Waals surface area contributed by atoms with E-state index in [-0.39, 0.29) is 0 Å². The molecule has 0 amide bonds. The number of nitrogens with zero attached hydrogens (tertiary/aromatic N) is 1. The van der Waals surface area contributed by atoms with Gasteiger partial charge in [0.15, 0.2) is 0 Å². The van der Waals surface area contributed by atoms with E-state index in [0.29, 0.717) is 12.0 Å². The molecule has 0 saturated carbocycles. The highest BCUT2D eigenvalue weighted by atomic mass is 32.2. The van der Waals surface area contributed by atoms with Crippen LogP contribution in [-0.4, -0.2) is 61.8 Å². The lowest BCUT2D eigenvalue weighted by Gasteiger charge is -2.30. The number of hydrogen-bond acceptors (Lipinski definition) is 4. The van der Waals surface area contributed by atoms with Gasteiger partial charge in [0.1, 0.15) is 0 Å². The van der Waals surface area contributed by atoms with Gasteiger partial charge in [-0.2, -0.15) is 11.8 Å². The molecule has 3 nitrogen and oxygen atoms in total. The number of rotatable bonds is 4. The highest BCUT2D eigenvalue weighted by molar-refractivity contribution is 7.99. The molecule has 2 rings (SSSR count). The molecule has 2 aliphatic rings. The van der Waals surface area contributed by atoms with Gasteiger partial charge in [-0.1, -0.05) is 6.92 Å². The van der Waals surface area contributed by atoms with Gasteiger partial charge in [-0.05, 0) is 6.54 Å². The Morgan fingerprint density at radius 1 is 1.33 bits per heavy atom. The monoisotopic (exact) mass is 230 g/mol. The molecule has 2 fully saturated rings. The molecule has 88 valence electrons. The fourth-order valence-corrected chi connectivity index (χ4v) is 3.36. The lowest BCUT2D eigenvalue weighted by Crippen LogP contribution is -2.44. The van der Waals surface area contributed by atoms with Gasteiger partial charge in [0.05, 0.1) is 13.2 Å². The van der Waals surface area contributed by atoms with Crippen LogP contribution in [0.2, 0.25) is 0 Å². The predicted octanol–water partition coefficient (Wildman–Crippen LogP) is 0.660. The van der Waals surface area contributed by atoms with Gasteiger partial charge >= 0.3 is 0 Å². The molecule has 15 heavy (non-hydrogen) atoms. The summed E-state index contributed by atoms with van der Waals surface area (Å²) in [6, 6.07) is 0.588. The average molecular weight is 230 g/mol. The highest BCUT2D eigenvalue weighted by Crippen LogP contribution is 2.17. The van der Waals surface area contributed by atoms with Gasteiger partial charge in [-0.3, -0.25) is 0 Å². The summed E-state index contributed by atoms with van der Waals surface area (Å²) >= 11 is 2.08. The maximum absolute atomic E-state index is 5.57. The Labute approximate surface area is 96.9 Å². The van der Waals surface area contributed by atoms with Crippen LogP contribution in [0.3, 0.4) is 0 Å². The van der Waals surface area contributed by atoms with E-state index in [9.17, 15) is 0 Å².